The van der Waals surface area contributed by atoms with Crippen LogP contribution in [0, 0.1) is 58.2 Å². The zero-order valence-electron chi connectivity index (χ0n) is 19.7. The van der Waals surface area contributed by atoms with Gasteiger partial charge in [0.15, 0.2) is 5.78 Å². The zero-order valence-corrected chi connectivity index (χ0v) is 19.7. The first-order valence-electron chi connectivity index (χ1n) is 12.7. The van der Waals surface area contributed by atoms with Crippen LogP contribution in [0.15, 0.2) is 11.8 Å². The van der Waals surface area contributed by atoms with Crippen molar-refractivity contribution in [1.82, 2.24) is 5.32 Å². The summed E-state index contributed by atoms with van der Waals surface area (Å²) in [6.45, 7) is 6.88. The Bertz CT molecular complexity index is 763. The number of nitrogens with one attached hydrogen (secondary N) is 2. The molecule has 2 N–H and O–H groups in total. The molecule has 4 saturated carbocycles. The molecule has 0 amide bonds. The van der Waals surface area contributed by atoms with E-state index in [1.807, 2.05) is 0 Å². The summed E-state index contributed by atoms with van der Waals surface area (Å²) in [4.78, 5) is 13.3. The number of alkyl halides is 3. The number of allylic oxidation sites excluding steroid dienone is 1. The summed E-state index contributed by atoms with van der Waals surface area (Å²) in [6.07, 6.45) is 6.38. The first-order chi connectivity index (χ1) is 15.2. The van der Waals surface area contributed by atoms with Crippen LogP contribution < -0.4 is 5.32 Å². The normalized spacial score (nSPS) is 43.1. The van der Waals surface area contributed by atoms with Crippen molar-refractivity contribution in [3.05, 3.63) is 11.8 Å². The molecule has 180 valence electrons. The Morgan fingerprint density at radius 3 is 2.50 bits per heavy atom. The van der Waals surface area contributed by atoms with Crippen molar-refractivity contribution in [2.24, 2.45) is 52.8 Å². The molecular weight excluding hydrogens is 413 g/mol. The van der Waals surface area contributed by atoms with Crippen LogP contribution in [0.5, 0.6) is 0 Å². The van der Waals surface area contributed by atoms with Crippen molar-refractivity contribution in [2.45, 2.75) is 78.3 Å². The van der Waals surface area contributed by atoms with Gasteiger partial charge in [0.25, 0.3) is 0 Å². The molecule has 4 aliphatic carbocycles. The van der Waals surface area contributed by atoms with Crippen molar-refractivity contribution in [3.8, 4) is 0 Å². The summed E-state index contributed by atoms with van der Waals surface area (Å²) in [7, 11) is 0. The minimum absolute atomic E-state index is 0.00144. The summed E-state index contributed by atoms with van der Waals surface area (Å²) < 4.78 is 38.5. The molecule has 0 radical (unpaired) electrons. The van der Waals surface area contributed by atoms with Gasteiger partial charge < -0.3 is 10.7 Å². The topological polar surface area (TPSA) is 53.0 Å². The van der Waals surface area contributed by atoms with E-state index in [2.05, 4.69) is 26.1 Å². The minimum Gasteiger partial charge on any atom is -0.383 e. The molecule has 4 rings (SSSR count). The molecule has 32 heavy (non-hydrogen) atoms. The van der Waals surface area contributed by atoms with E-state index < -0.39 is 11.7 Å². The van der Waals surface area contributed by atoms with Gasteiger partial charge in [0.1, 0.15) is 0 Å². The second-order valence-corrected chi connectivity index (χ2v) is 11.2. The van der Waals surface area contributed by atoms with Gasteiger partial charge in [-0.25, -0.2) is 0 Å². The molecule has 0 aromatic heterocycles. The monoisotopic (exact) mass is 452 g/mol. The van der Waals surface area contributed by atoms with Crippen LogP contribution in [0.4, 0.5) is 13.2 Å². The van der Waals surface area contributed by atoms with Crippen molar-refractivity contribution in [3.63, 3.8) is 0 Å². The largest absolute Gasteiger partial charge is 0.419 e. The zero-order chi connectivity index (χ0) is 23.3. The third-order valence-electron chi connectivity index (χ3n) is 9.82. The number of carbonyl (C=O) groups is 1. The molecular formula is C26H39F3N2O. The molecule has 6 heteroatoms. The fourth-order valence-electron chi connectivity index (χ4n) is 8.67. The van der Waals surface area contributed by atoms with Crippen LogP contribution in [0.2, 0.25) is 0 Å². The van der Waals surface area contributed by atoms with E-state index in [4.69, 9.17) is 5.41 Å². The molecule has 9 unspecified atom stereocenters. The lowest BCUT2D eigenvalue weighted by Gasteiger charge is -2.56. The Hall–Kier alpha value is -1.33. The standard InChI is InChI=1S/C26H39F3N2O/c1-4-6-17-15(5-2)7-8-19-18(17)9-10-25(3)23(19)20-11-21(20)24(25)22(32)14-31-13-16(12-30)26(27,28)29/h12-13,15,17-21,23-24,30-31H,4-11,14H2,1-3H3/b16-13+,30-12?. The smallest absolute Gasteiger partial charge is 0.383 e. The van der Waals surface area contributed by atoms with Gasteiger partial charge >= 0.3 is 6.18 Å². The molecule has 3 nitrogen and oxygen atoms in total. The molecule has 0 aliphatic heterocycles. The Morgan fingerprint density at radius 2 is 1.88 bits per heavy atom. The number of carbonyl (C=O) groups excluding carboxylic acids is 1. The van der Waals surface area contributed by atoms with E-state index in [1.165, 1.54) is 38.5 Å². The van der Waals surface area contributed by atoms with E-state index in [1.54, 1.807) is 0 Å². The highest BCUT2D eigenvalue weighted by atomic mass is 19.4. The second-order valence-electron chi connectivity index (χ2n) is 11.2. The predicted octanol–water partition coefficient (Wildman–Crippen LogP) is 6.39. The van der Waals surface area contributed by atoms with E-state index in [0.29, 0.717) is 24.0 Å². The lowest BCUT2D eigenvalue weighted by Crippen LogP contribution is -2.50. The quantitative estimate of drug-likeness (QED) is 0.419. The number of ketones is 1. The summed E-state index contributed by atoms with van der Waals surface area (Å²) in [5.74, 6) is 4.92. The number of halogens is 3. The van der Waals surface area contributed by atoms with Crippen molar-refractivity contribution in [2.75, 3.05) is 6.54 Å². The Kier molecular flexibility index (Phi) is 6.54. The predicted molar refractivity (Wildman–Crippen MR) is 120 cm³/mol. The van der Waals surface area contributed by atoms with Crippen LogP contribution in [0.1, 0.15) is 72.1 Å². The SMILES string of the molecule is CCCC1C(CC)CCC2C1CCC1(C)C(C(=O)CN/C=C(\C=N)C(F)(F)F)C3CC3C21. The average molecular weight is 453 g/mol. The van der Waals surface area contributed by atoms with Gasteiger partial charge in [0.05, 0.1) is 12.1 Å². The molecule has 0 saturated heterocycles. The maximum Gasteiger partial charge on any atom is 0.419 e. The van der Waals surface area contributed by atoms with Gasteiger partial charge in [-0.2, -0.15) is 13.2 Å². The van der Waals surface area contributed by atoms with Crippen LogP contribution in [0.25, 0.3) is 0 Å². The molecule has 0 aromatic carbocycles. The van der Waals surface area contributed by atoms with Crippen LogP contribution >= 0.6 is 0 Å². The highest BCUT2D eigenvalue weighted by Crippen LogP contribution is 2.74. The third-order valence-corrected chi connectivity index (χ3v) is 9.82. The molecule has 9 atom stereocenters. The van der Waals surface area contributed by atoms with Crippen LogP contribution in [-0.2, 0) is 4.79 Å². The Morgan fingerprint density at radius 1 is 1.12 bits per heavy atom. The lowest BCUT2D eigenvalue weighted by atomic mass is 9.49. The van der Waals surface area contributed by atoms with Crippen LogP contribution in [-0.4, -0.2) is 24.7 Å². The minimum atomic E-state index is -4.57. The summed E-state index contributed by atoms with van der Waals surface area (Å²) in [5, 5.41) is 9.56. The third kappa shape index (κ3) is 3.94. The van der Waals surface area contributed by atoms with Crippen molar-refractivity contribution in [1.29, 1.82) is 5.41 Å². The Balaban J connectivity index is 1.48. The van der Waals surface area contributed by atoms with Crippen molar-refractivity contribution >= 4 is 12.0 Å². The van der Waals surface area contributed by atoms with E-state index in [9.17, 15) is 18.0 Å². The maximum absolute atomic E-state index is 13.3. The molecule has 0 aromatic rings. The van der Waals surface area contributed by atoms with Gasteiger partial charge in [-0.15, -0.1) is 0 Å². The first-order valence-corrected chi connectivity index (χ1v) is 12.7. The molecule has 4 aliphatic rings. The highest BCUT2D eigenvalue weighted by molar-refractivity contribution is 5.85. The highest BCUT2D eigenvalue weighted by Gasteiger charge is 2.70. The number of rotatable bonds is 8. The fraction of sp³-hybridized carbons (Fsp3) is 0.846. The van der Waals surface area contributed by atoms with Crippen molar-refractivity contribution < 1.29 is 18.0 Å². The van der Waals surface area contributed by atoms with Gasteiger partial charge in [0, 0.05) is 18.3 Å². The lowest BCUT2D eigenvalue weighted by molar-refractivity contribution is -0.131. The number of hydrogen-bond acceptors (Lipinski definition) is 3. The summed E-state index contributed by atoms with van der Waals surface area (Å²) >= 11 is 0. The summed E-state index contributed by atoms with van der Waals surface area (Å²) in [5.41, 5.74) is -1.05. The molecule has 0 spiro atoms. The number of hydrogen-bond donors (Lipinski definition) is 2. The maximum atomic E-state index is 13.3. The van der Waals surface area contributed by atoms with E-state index in [0.717, 1.165) is 42.7 Å². The first kappa shape index (κ1) is 23.8. The van der Waals surface area contributed by atoms with E-state index in [-0.39, 0.29) is 23.7 Å². The van der Waals surface area contributed by atoms with E-state index >= 15 is 0 Å². The number of Topliss-reactive ketones (excluding diaryl/α,β-unsaturated/α-hetero) is 1. The number of fused-ring (bicyclic) bond motifs is 5. The summed E-state index contributed by atoms with van der Waals surface area (Å²) in [6, 6.07) is 0. The second kappa shape index (κ2) is 8.79. The van der Waals surface area contributed by atoms with Gasteiger partial charge in [-0.1, -0.05) is 40.0 Å². The van der Waals surface area contributed by atoms with Gasteiger partial charge in [-0.05, 0) is 78.9 Å². The molecule has 4 fully saturated rings. The van der Waals surface area contributed by atoms with Gasteiger partial charge in [-0.3, -0.25) is 4.79 Å². The molecule has 0 heterocycles. The fourth-order valence-corrected chi connectivity index (χ4v) is 8.67. The Labute approximate surface area is 190 Å². The molecule has 0 bridgehead atoms. The average Bonchev–Trinajstić information content (AvgIpc) is 3.44. The van der Waals surface area contributed by atoms with Gasteiger partial charge in [0.2, 0.25) is 0 Å². The van der Waals surface area contributed by atoms with Crippen LogP contribution in [0.3, 0.4) is 0 Å².